The van der Waals surface area contributed by atoms with Gasteiger partial charge in [-0.25, -0.2) is 0 Å². The number of amides is 1. The summed E-state index contributed by atoms with van der Waals surface area (Å²) in [5.74, 6) is 60.3. The van der Waals surface area contributed by atoms with Crippen molar-refractivity contribution in [2.45, 2.75) is 104 Å². The van der Waals surface area contributed by atoms with Crippen molar-refractivity contribution in [2.24, 2.45) is 11.8 Å². The van der Waals surface area contributed by atoms with Crippen LogP contribution in [0.5, 0.6) is 0 Å². The number of carbonyl (C=O) groups excluding carboxylic acids is 1. The normalized spacial score (nSPS) is 9.73. The van der Waals surface area contributed by atoms with E-state index in [0.717, 1.165) is 12.8 Å². The zero-order chi connectivity index (χ0) is 35.9. The number of hydrogen-bond acceptors (Lipinski definition) is 2. The number of aliphatic hydroxyl groups is 1. The Hall–Kier alpha value is -6.11. The lowest BCUT2D eigenvalue weighted by Crippen LogP contribution is -2.43. The molecule has 0 aromatic heterocycles. The van der Waals surface area contributed by atoms with E-state index in [4.69, 9.17) is 0 Å². The van der Waals surface area contributed by atoms with E-state index in [1.54, 1.807) is 6.92 Å². The Morgan fingerprint density at radius 1 is 0.571 bits per heavy atom. The molecule has 0 radical (unpaired) electrons. The fourth-order valence-corrected chi connectivity index (χ4v) is 3.94. The second-order valence-corrected chi connectivity index (χ2v) is 10.5. The lowest BCUT2D eigenvalue weighted by Gasteiger charge is -2.27. The SMILES string of the molecule is CC#CC#CC#CC#CC#CC#CC#CC#CC#CC#CC#CC#CC(=O)N[C@@H](CO)[C@H](C)[C@H](C)C/C=C/CCCCCCCCCCC. The first-order chi connectivity index (χ1) is 24.1. The lowest BCUT2D eigenvalue weighted by atomic mass is 9.86. The van der Waals surface area contributed by atoms with Gasteiger partial charge in [-0.15, -0.1) is 0 Å². The smallest absolute Gasteiger partial charge is 0.297 e. The molecule has 0 fully saturated rings. The predicted molar refractivity (Wildman–Crippen MR) is 202 cm³/mol. The van der Waals surface area contributed by atoms with Crippen molar-refractivity contribution in [1.29, 1.82) is 0 Å². The first kappa shape index (κ1) is 42.9. The molecule has 244 valence electrons. The maximum atomic E-state index is 12.2. The molecule has 0 aliphatic rings. The van der Waals surface area contributed by atoms with E-state index in [9.17, 15) is 9.90 Å². The summed E-state index contributed by atoms with van der Waals surface area (Å²) in [6.07, 6.45) is 18.5. The average Bonchev–Trinajstić information content (AvgIpc) is 3.10. The lowest BCUT2D eigenvalue weighted by molar-refractivity contribution is -0.117. The van der Waals surface area contributed by atoms with Crippen LogP contribution in [0.15, 0.2) is 12.2 Å². The third kappa shape index (κ3) is 30.3. The van der Waals surface area contributed by atoms with Gasteiger partial charge >= 0.3 is 0 Å². The number of aliphatic hydroxyl groups excluding tert-OH is 1. The van der Waals surface area contributed by atoms with Gasteiger partial charge in [0.05, 0.1) is 12.6 Å². The van der Waals surface area contributed by atoms with Crippen molar-refractivity contribution in [3.63, 3.8) is 0 Å². The van der Waals surface area contributed by atoms with Crippen molar-refractivity contribution >= 4 is 5.91 Å². The molecule has 0 aromatic carbocycles. The van der Waals surface area contributed by atoms with Crippen molar-refractivity contribution in [2.75, 3.05) is 6.61 Å². The van der Waals surface area contributed by atoms with Gasteiger partial charge in [0.2, 0.25) is 0 Å². The predicted octanol–water partition coefficient (Wildman–Crippen LogP) is 5.66. The molecule has 0 aromatic rings. The van der Waals surface area contributed by atoms with E-state index in [1.165, 1.54) is 57.8 Å². The summed E-state index contributed by atoms with van der Waals surface area (Å²) >= 11 is 0. The first-order valence-electron chi connectivity index (χ1n) is 16.6. The summed E-state index contributed by atoms with van der Waals surface area (Å²) in [6.45, 7) is 7.95. The minimum absolute atomic E-state index is 0.0783. The maximum Gasteiger partial charge on any atom is 0.297 e. The quantitative estimate of drug-likeness (QED) is 0.130. The van der Waals surface area contributed by atoms with E-state index in [-0.39, 0.29) is 18.6 Å². The standard InChI is InChI=1S/C46H43NO2/c1-5-7-9-11-13-15-17-19-20-21-22-23-24-25-26-27-28-29-31-33-35-37-39-41-46(49)47-45(42-48)44(4)43(3)40-38-36-34-32-30-18-16-14-12-10-8-6-2/h36,38,43-45,48H,6,8,10,12,14,16,18,30,32,34,40,42H2,1-4H3,(H,47,49)/b38-36+/t43-,44-,45+/m1/s1. The summed E-state index contributed by atoms with van der Waals surface area (Å²) in [6, 6.07) is -0.388. The molecular weight excluding hydrogens is 599 g/mol. The van der Waals surface area contributed by atoms with Crippen LogP contribution in [0.25, 0.3) is 0 Å². The molecule has 3 atom stereocenters. The third-order valence-electron chi connectivity index (χ3n) is 6.81. The average molecular weight is 642 g/mol. The summed E-state index contributed by atoms with van der Waals surface area (Å²) in [5, 5.41) is 12.6. The number of unbranched alkanes of at least 4 members (excludes halogenated alkanes) is 9. The largest absolute Gasteiger partial charge is 0.394 e. The molecule has 0 aliphatic carbocycles. The summed E-state index contributed by atoms with van der Waals surface area (Å²) < 4.78 is 0. The first-order valence-corrected chi connectivity index (χ1v) is 16.6. The van der Waals surface area contributed by atoms with Crippen molar-refractivity contribution < 1.29 is 9.90 Å². The van der Waals surface area contributed by atoms with Crippen molar-refractivity contribution in [3.05, 3.63) is 12.2 Å². The van der Waals surface area contributed by atoms with Gasteiger partial charge in [-0.1, -0.05) is 90.2 Å². The van der Waals surface area contributed by atoms with Gasteiger partial charge in [-0.2, -0.15) is 0 Å². The molecule has 2 N–H and O–H groups in total. The molecule has 0 saturated heterocycles. The van der Waals surface area contributed by atoms with Crippen molar-refractivity contribution in [1.82, 2.24) is 5.32 Å². The maximum absolute atomic E-state index is 12.2. The third-order valence-corrected chi connectivity index (χ3v) is 6.81. The number of allylic oxidation sites excluding steroid dienone is 2. The monoisotopic (exact) mass is 641 g/mol. The summed E-state index contributed by atoms with van der Waals surface area (Å²) in [7, 11) is 0. The molecule has 0 rings (SSSR count). The van der Waals surface area contributed by atoms with Gasteiger partial charge in [0.15, 0.2) is 0 Å². The molecule has 0 saturated carbocycles. The molecule has 1 amide bonds. The fourth-order valence-electron chi connectivity index (χ4n) is 3.94. The van der Waals surface area contributed by atoms with Gasteiger partial charge in [-0.3, -0.25) is 4.79 Å². The minimum Gasteiger partial charge on any atom is -0.394 e. The molecule has 0 spiro atoms. The van der Waals surface area contributed by atoms with Gasteiger partial charge in [0.1, 0.15) is 0 Å². The van der Waals surface area contributed by atoms with Crippen molar-refractivity contribution in [3.8, 4) is 142 Å². The van der Waals surface area contributed by atoms with Crippen LogP contribution in [0.4, 0.5) is 0 Å². The second-order valence-electron chi connectivity index (χ2n) is 10.5. The van der Waals surface area contributed by atoms with Crippen LogP contribution in [-0.4, -0.2) is 23.7 Å². The van der Waals surface area contributed by atoms with E-state index in [2.05, 4.69) is 173 Å². The molecule has 0 heterocycles. The van der Waals surface area contributed by atoms with Gasteiger partial charge in [0.25, 0.3) is 5.91 Å². The molecule has 0 unspecified atom stereocenters. The molecule has 3 nitrogen and oxygen atoms in total. The van der Waals surface area contributed by atoms with Crippen LogP contribution < -0.4 is 5.32 Å². The van der Waals surface area contributed by atoms with Crippen LogP contribution in [-0.2, 0) is 4.79 Å². The molecule has 0 bridgehead atoms. The highest BCUT2D eigenvalue weighted by molar-refractivity contribution is 5.94. The molecular formula is C46H43NO2. The number of hydrogen-bond donors (Lipinski definition) is 2. The zero-order valence-electron chi connectivity index (χ0n) is 29.2. The molecule has 3 heteroatoms. The number of carbonyl (C=O) groups is 1. The number of nitrogens with one attached hydrogen (secondary N) is 1. The molecule has 49 heavy (non-hydrogen) atoms. The zero-order valence-corrected chi connectivity index (χ0v) is 29.2. The fraction of sp³-hybridized carbons (Fsp3) is 0.413. The van der Waals surface area contributed by atoms with Crippen LogP contribution >= 0.6 is 0 Å². The van der Waals surface area contributed by atoms with E-state index < -0.39 is 5.91 Å². The Bertz CT molecular complexity index is 1850. The second kappa shape index (κ2) is 34.8. The highest BCUT2D eigenvalue weighted by Crippen LogP contribution is 2.20. The van der Waals surface area contributed by atoms with Crippen LogP contribution in [0.1, 0.15) is 98.3 Å². The Morgan fingerprint density at radius 3 is 1.37 bits per heavy atom. The van der Waals surface area contributed by atoms with E-state index >= 15 is 0 Å². The van der Waals surface area contributed by atoms with Gasteiger partial charge in [-0.05, 0) is 133 Å². The topological polar surface area (TPSA) is 49.3 Å². The Kier molecular flexibility index (Phi) is 30.4. The highest BCUT2D eigenvalue weighted by atomic mass is 16.3. The van der Waals surface area contributed by atoms with Crippen LogP contribution in [0.3, 0.4) is 0 Å². The summed E-state index contributed by atoms with van der Waals surface area (Å²) in [5.41, 5.74) is 0. The van der Waals surface area contributed by atoms with Gasteiger partial charge in [0, 0.05) is 41.4 Å². The number of rotatable bonds is 16. The summed E-state index contributed by atoms with van der Waals surface area (Å²) in [4.78, 5) is 12.2. The van der Waals surface area contributed by atoms with Gasteiger partial charge < -0.3 is 10.4 Å². The van der Waals surface area contributed by atoms with E-state index in [0.29, 0.717) is 5.92 Å². The highest BCUT2D eigenvalue weighted by Gasteiger charge is 2.22. The Balaban J connectivity index is 4.48. The minimum atomic E-state index is -0.492. The van der Waals surface area contributed by atoms with Crippen LogP contribution in [0, 0.1) is 154 Å². The molecule has 0 aliphatic heterocycles. The van der Waals surface area contributed by atoms with Crippen LogP contribution in [0.2, 0.25) is 0 Å². The Labute approximate surface area is 297 Å². The van der Waals surface area contributed by atoms with E-state index in [1.807, 2.05) is 6.92 Å². The Morgan fingerprint density at radius 2 is 0.959 bits per heavy atom.